The van der Waals surface area contributed by atoms with Gasteiger partial charge in [0.05, 0.1) is 6.04 Å². The summed E-state index contributed by atoms with van der Waals surface area (Å²) in [6.45, 7) is -0.655. The molecule has 4 N–H and O–H groups in total. The Hall–Kier alpha value is 0.220. The van der Waals surface area contributed by atoms with Crippen molar-refractivity contribution in [2.24, 2.45) is 11.5 Å². The average molecular weight is 233 g/mol. The van der Waals surface area contributed by atoms with Crippen molar-refractivity contribution < 1.29 is 17.6 Å². The molecule has 0 amide bonds. The SMILES string of the molecule is Cl.Cl.NCC(N)C(F)(F)C(F)F. The summed E-state index contributed by atoms with van der Waals surface area (Å²) in [4.78, 5) is 0. The lowest BCUT2D eigenvalue weighted by atomic mass is 10.2. The molecule has 0 aromatic carbocycles. The van der Waals surface area contributed by atoms with E-state index in [9.17, 15) is 17.6 Å². The lowest BCUT2D eigenvalue weighted by molar-refractivity contribution is -0.141. The van der Waals surface area contributed by atoms with Gasteiger partial charge in [0.1, 0.15) is 0 Å². The topological polar surface area (TPSA) is 52.0 Å². The van der Waals surface area contributed by atoms with E-state index in [1.54, 1.807) is 0 Å². The van der Waals surface area contributed by atoms with Crippen LogP contribution in [0.15, 0.2) is 0 Å². The Bertz CT molecular complexity index is 113. The Morgan fingerprint density at radius 2 is 1.50 bits per heavy atom. The molecular weight excluding hydrogens is 223 g/mol. The van der Waals surface area contributed by atoms with Gasteiger partial charge in [-0.15, -0.1) is 24.8 Å². The second-order valence-electron chi connectivity index (χ2n) is 1.82. The highest BCUT2D eigenvalue weighted by atomic mass is 35.5. The van der Waals surface area contributed by atoms with Gasteiger partial charge in [0.25, 0.3) is 0 Å². The van der Waals surface area contributed by atoms with Gasteiger partial charge in [-0.3, -0.25) is 0 Å². The monoisotopic (exact) mass is 232 g/mol. The van der Waals surface area contributed by atoms with Crippen molar-refractivity contribution in [2.75, 3.05) is 6.54 Å². The Labute approximate surface area is 79.5 Å². The summed E-state index contributed by atoms with van der Waals surface area (Å²) >= 11 is 0. The van der Waals surface area contributed by atoms with Crippen molar-refractivity contribution >= 4 is 24.8 Å². The van der Waals surface area contributed by atoms with Gasteiger partial charge in [0, 0.05) is 6.54 Å². The Kier molecular flexibility index (Phi) is 10.1. The van der Waals surface area contributed by atoms with Crippen LogP contribution in [0, 0.1) is 0 Å². The predicted octanol–water partition coefficient (Wildman–Crippen LogP) is 1.02. The van der Waals surface area contributed by atoms with Crippen LogP contribution in [0.25, 0.3) is 0 Å². The molecule has 0 fully saturated rings. The maximum Gasteiger partial charge on any atom is 0.323 e. The molecule has 1 atom stereocenters. The normalized spacial score (nSPS) is 13.2. The van der Waals surface area contributed by atoms with E-state index < -0.39 is 24.9 Å². The summed E-state index contributed by atoms with van der Waals surface area (Å²) in [6.07, 6.45) is -3.74. The second kappa shape index (κ2) is 6.71. The lowest BCUT2D eigenvalue weighted by Crippen LogP contribution is -2.50. The van der Waals surface area contributed by atoms with Gasteiger partial charge in [-0.2, -0.15) is 8.78 Å². The van der Waals surface area contributed by atoms with Crippen molar-refractivity contribution in [3.63, 3.8) is 0 Å². The van der Waals surface area contributed by atoms with E-state index in [-0.39, 0.29) is 24.8 Å². The van der Waals surface area contributed by atoms with E-state index in [2.05, 4.69) is 11.5 Å². The van der Waals surface area contributed by atoms with Crippen molar-refractivity contribution in [1.82, 2.24) is 0 Å². The van der Waals surface area contributed by atoms with E-state index in [1.807, 2.05) is 0 Å². The van der Waals surface area contributed by atoms with E-state index in [0.29, 0.717) is 0 Å². The van der Waals surface area contributed by atoms with Crippen LogP contribution in [-0.2, 0) is 0 Å². The molecule has 0 saturated carbocycles. The minimum atomic E-state index is -4.17. The zero-order chi connectivity index (χ0) is 8.36. The fraction of sp³-hybridized carbons (Fsp3) is 1.00. The van der Waals surface area contributed by atoms with Crippen molar-refractivity contribution in [3.8, 4) is 0 Å². The second-order valence-corrected chi connectivity index (χ2v) is 1.82. The van der Waals surface area contributed by atoms with Crippen LogP contribution < -0.4 is 11.5 Å². The van der Waals surface area contributed by atoms with Gasteiger partial charge in [-0.05, 0) is 0 Å². The molecule has 12 heavy (non-hydrogen) atoms. The molecule has 0 heterocycles. The Balaban J connectivity index is -0.000000405. The minimum Gasteiger partial charge on any atom is -0.329 e. The zero-order valence-electron chi connectivity index (χ0n) is 5.84. The third-order valence-electron chi connectivity index (χ3n) is 1.04. The molecule has 0 aliphatic heterocycles. The minimum absolute atomic E-state index is 0. The van der Waals surface area contributed by atoms with Gasteiger partial charge < -0.3 is 11.5 Å². The number of hydrogen-bond donors (Lipinski definition) is 2. The predicted molar refractivity (Wildman–Crippen MR) is 42.5 cm³/mol. The molecule has 0 saturated heterocycles. The summed E-state index contributed by atoms with van der Waals surface area (Å²) in [5.41, 5.74) is 9.25. The Morgan fingerprint density at radius 1 is 1.17 bits per heavy atom. The first-order chi connectivity index (χ1) is 4.42. The third-order valence-corrected chi connectivity index (χ3v) is 1.04. The molecule has 0 aromatic heterocycles. The molecule has 2 nitrogen and oxygen atoms in total. The summed E-state index contributed by atoms with van der Waals surface area (Å²) < 4.78 is 46.7. The van der Waals surface area contributed by atoms with E-state index in [0.717, 1.165) is 0 Å². The first kappa shape index (κ1) is 18.1. The average Bonchev–Trinajstić information content (AvgIpc) is 1.86. The first-order valence-electron chi connectivity index (χ1n) is 2.54. The summed E-state index contributed by atoms with van der Waals surface area (Å²) in [5.74, 6) is -4.17. The van der Waals surface area contributed by atoms with Crippen LogP contribution in [0.4, 0.5) is 17.6 Å². The quantitative estimate of drug-likeness (QED) is 0.715. The maximum atomic E-state index is 12.0. The van der Waals surface area contributed by atoms with Crippen LogP contribution >= 0.6 is 24.8 Å². The van der Waals surface area contributed by atoms with Crippen molar-refractivity contribution in [2.45, 2.75) is 18.4 Å². The van der Waals surface area contributed by atoms with E-state index in [4.69, 9.17) is 0 Å². The van der Waals surface area contributed by atoms with Crippen LogP contribution in [0.3, 0.4) is 0 Å². The van der Waals surface area contributed by atoms with E-state index in [1.165, 1.54) is 0 Å². The fourth-order valence-corrected chi connectivity index (χ4v) is 0.319. The number of rotatable bonds is 3. The van der Waals surface area contributed by atoms with Gasteiger partial charge in [-0.25, -0.2) is 8.78 Å². The fourth-order valence-electron chi connectivity index (χ4n) is 0.319. The van der Waals surface area contributed by atoms with Crippen molar-refractivity contribution in [1.29, 1.82) is 0 Å². The summed E-state index contributed by atoms with van der Waals surface area (Å²) in [5, 5.41) is 0. The van der Waals surface area contributed by atoms with Crippen LogP contribution in [-0.4, -0.2) is 24.9 Å². The van der Waals surface area contributed by atoms with Gasteiger partial charge in [-0.1, -0.05) is 0 Å². The molecule has 0 spiro atoms. The highest BCUT2D eigenvalue weighted by Gasteiger charge is 2.46. The molecule has 0 radical (unpaired) electrons. The number of nitrogens with two attached hydrogens (primary N) is 2. The Morgan fingerprint density at radius 3 is 1.58 bits per heavy atom. The largest absolute Gasteiger partial charge is 0.329 e. The number of alkyl halides is 4. The third kappa shape index (κ3) is 4.30. The molecule has 1 unspecified atom stereocenters. The maximum absolute atomic E-state index is 12.0. The summed E-state index contributed by atoms with van der Waals surface area (Å²) in [7, 11) is 0. The standard InChI is InChI=1S/C4H8F4N2.2ClH/c5-3(6)4(7,8)2(10)1-9;;/h2-3H,1,9-10H2;2*1H. The van der Waals surface area contributed by atoms with Crippen LogP contribution in [0.5, 0.6) is 0 Å². The highest BCUT2D eigenvalue weighted by Crippen LogP contribution is 2.24. The number of hydrogen-bond acceptors (Lipinski definition) is 2. The van der Waals surface area contributed by atoms with Gasteiger partial charge in [0.15, 0.2) is 0 Å². The highest BCUT2D eigenvalue weighted by molar-refractivity contribution is 5.85. The van der Waals surface area contributed by atoms with Gasteiger partial charge >= 0.3 is 12.3 Å². The van der Waals surface area contributed by atoms with Crippen LogP contribution in [0.2, 0.25) is 0 Å². The molecule has 8 heteroatoms. The van der Waals surface area contributed by atoms with E-state index >= 15 is 0 Å². The molecule has 0 bridgehead atoms. The van der Waals surface area contributed by atoms with Crippen LogP contribution in [0.1, 0.15) is 0 Å². The van der Waals surface area contributed by atoms with Gasteiger partial charge in [0.2, 0.25) is 0 Å². The zero-order valence-corrected chi connectivity index (χ0v) is 7.48. The molecule has 0 aliphatic carbocycles. The molecule has 0 rings (SSSR count). The smallest absolute Gasteiger partial charge is 0.323 e. The first-order valence-corrected chi connectivity index (χ1v) is 2.54. The molecular formula is C4H10Cl2F4N2. The molecule has 78 valence electrons. The number of halogens is 6. The molecule has 0 aromatic rings. The molecule has 0 aliphatic rings. The lowest BCUT2D eigenvalue weighted by Gasteiger charge is -2.20. The summed E-state index contributed by atoms with van der Waals surface area (Å²) in [6, 6.07) is -1.97. The van der Waals surface area contributed by atoms with Crippen molar-refractivity contribution in [3.05, 3.63) is 0 Å².